The Kier molecular flexibility index (Phi) is 15.9. The van der Waals surface area contributed by atoms with E-state index >= 15 is 0 Å². The van der Waals surface area contributed by atoms with Gasteiger partial charge in [0.2, 0.25) is 0 Å². The number of benzene rings is 4. The van der Waals surface area contributed by atoms with Crippen LogP contribution in [0.15, 0.2) is 190 Å². The first-order valence-corrected chi connectivity index (χ1v) is 33.3. The zero-order valence-electron chi connectivity index (χ0n) is 44.3. The van der Waals surface area contributed by atoms with Gasteiger partial charge in [0, 0.05) is 0 Å². The van der Waals surface area contributed by atoms with Crippen molar-refractivity contribution in [2.75, 3.05) is 0 Å². The molecule has 4 atom stereocenters. The summed E-state index contributed by atoms with van der Waals surface area (Å²) < 4.78 is 109. The van der Waals surface area contributed by atoms with E-state index < -0.39 is 99.6 Å². The van der Waals surface area contributed by atoms with Gasteiger partial charge in [0.25, 0.3) is 0 Å². The van der Waals surface area contributed by atoms with E-state index in [9.17, 15) is 46.6 Å². The van der Waals surface area contributed by atoms with Gasteiger partial charge in [-0.05, 0) is 0 Å². The molecular weight excluding hydrogens is 1150 g/mol. The van der Waals surface area contributed by atoms with Crippen molar-refractivity contribution in [2.45, 2.75) is 108 Å². The molecule has 0 N–H and O–H groups in total. The topological polar surface area (TPSA) is 123 Å². The van der Waals surface area contributed by atoms with Gasteiger partial charge in [-0.15, -0.1) is 0 Å². The fraction of sp³-hybridized carbons (Fsp3) is 0.310. The van der Waals surface area contributed by atoms with Crippen LogP contribution in [0.4, 0.5) is 37.7 Å². The number of nitro groups is 2. The van der Waals surface area contributed by atoms with Crippen LogP contribution in [-0.2, 0) is 54.6 Å². The Morgan fingerprint density at radius 3 is 1.04 bits per heavy atom. The number of halogens is 6. The van der Waals surface area contributed by atoms with Crippen LogP contribution in [0.25, 0.3) is 0 Å². The number of hydrogen-bond acceptors (Lipinski definition) is 8. The van der Waals surface area contributed by atoms with Crippen molar-refractivity contribution in [3.8, 4) is 23.0 Å². The van der Waals surface area contributed by atoms with Crippen LogP contribution in [0, 0.1) is 20.2 Å². The first-order valence-electron chi connectivity index (χ1n) is 24.4. The van der Waals surface area contributed by atoms with Gasteiger partial charge in [-0.25, -0.2) is 0 Å². The summed E-state index contributed by atoms with van der Waals surface area (Å²) in [6.07, 6.45) is 6.53. The van der Waals surface area contributed by atoms with E-state index in [1.54, 1.807) is 24.3 Å². The van der Waals surface area contributed by atoms with Gasteiger partial charge in [0.15, 0.2) is 0 Å². The molecule has 18 heteroatoms. The quantitative estimate of drug-likeness (QED) is 0.0695. The van der Waals surface area contributed by atoms with Crippen LogP contribution in [0.5, 0.6) is 23.0 Å². The summed E-state index contributed by atoms with van der Waals surface area (Å²) in [6.45, 7) is 23.6. The summed E-state index contributed by atoms with van der Waals surface area (Å²) >= 11 is -10.2. The van der Waals surface area contributed by atoms with Crippen molar-refractivity contribution >= 4 is 11.4 Å². The number of alkyl halides is 6. The maximum atomic E-state index is 14.2. The van der Waals surface area contributed by atoms with Crippen LogP contribution in [0.1, 0.15) is 94.2 Å². The van der Waals surface area contributed by atoms with Crippen molar-refractivity contribution < 1.29 is 89.7 Å². The fourth-order valence-corrected chi connectivity index (χ4v) is 35.2. The molecule has 4 aliphatic carbocycles. The van der Waals surface area contributed by atoms with Gasteiger partial charge in [0.1, 0.15) is 0 Å². The molecule has 0 radical (unpaired) electrons. The summed E-state index contributed by atoms with van der Waals surface area (Å²) in [5.74, 6) is 0.0676. The van der Waals surface area contributed by atoms with Crippen LogP contribution in [0.2, 0.25) is 12.5 Å². The first kappa shape index (κ1) is 57.8. The number of para-hydroxylation sites is 2. The molecule has 8 rings (SSSR count). The summed E-state index contributed by atoms with van der Waals surface area (Å²) in [7, 11) is 0. The monoisotopic (exact) mass is 1210 g/mol. The van der Waals surface area contributed by atoms with Gasteiger partial charge in [-0.3, -0.25) is 0 Å². The Morgan fingerprint density at radius 1 is 0.461 bits per heavy atom. The fourth-order valence-electron chi connectivity index (χ4n) is 11.0. The predicted octanol–water partition coefficient (Wildman–Crippen LogP) is 18.4. The molecule has 400 valence electrons. The van der Waals surface area contributed by atoms with Crippen molar-refractivity contribution in [3.63, 3.8) is 0 Å². The molecule has 10 nitrogen and oxygen atoms in total. The zero-order chi connectivity index (χ0) is 56.2. The third-order valence-corrected chi connectivity index (χ3v) is 39.7. The second kappa shape index (κ2) is 20.8. The Morgan fingerprint density at radius 2 is 0.776 bits per heavy atom. The van der Waals surface area contributed by atoms with E-state index in [4.69, 9.17) is 11.3 Å². The number of non-ortho nitro benzene ring substituents is 2. The minimum atomic E-state index is -5.53. The van der Waals surface area contributed by atoms with Crippen molar-refractivity contribution in [2.24, 2.45) is 0 Å². The van der Waals surface area contributed by atoms with Crippen molar-refractivity contribution in [1.82, 2.24) is 0 Å². The standard InChI is InChI=1S/4C8H11.2C7H5F3O.2C6H5NO3.2Zr/c2*1-6-4-7(2)8(3)5-6;2*1-6-4-5-7(2)8(6)3;2*8-7(9,10)5-3-1-2-4-6(5)11;2*8-6-3-1-5(2-4-6)7(9)10;;/h4*4-5H,1-3H3;2*1-4,11H;2*1-4,8H;;/q;;;;;;;;2*+2/p-4. The summed E-state index contributed by atoms with van der Waals surface area (Å²) in [4.78, 5) is 21.7. The second-order valence-electron chi connectivity index (χ2n) is 20.7. The number of hydrogen-bond donors (Lipinski definition) is 0. The Bertz CT molecular complexity index is 3030. The van der Waals surface area contributed by atoms with Crippen LogP contribution in [0.3, 0.4) is 0 Å². The molecule has 0 bridgehead atoms. The van der Waals surface area contributed by atoms with Gasteiger partial charge >= 0.3 is 454 Å². The van der Waals surface area contributed by atoms with Gasteiger partial charge in [0.05, 0.1) is 0 Å². The van der Waals surface area contributed by atoms with Crippen molar-refractivity contribution in [1.29, 1.82) is 0 Å². The van der Waals surface area contributed by atoms with E-state index in [0.717, 1.165) is 56.7 Å². The Labute approximate surface area is 450 Å². The molecule has 4 aromatic rings. The molecule has 0 spiro atoms. The molecule has 4 unspecified atom stereocenters. The van der Waals surface area contributed by atoms with Crippen LogP contribution in [-0.4, -0.2) is 9.85 Å². The number of rotatable bonds is 14. The predicted molar refractivity (Wildman–Crippen MR) is 275 cm³/mol. The van der Waals surface area contributed by atoms with Gasteiger partial charge in [-0.1, -0.05) is 0 Å². The molecule has 0 fully saturated rings. The molecular formula is C58H60F6N2O8Zr2. The van der Waals surface area contributed by atoms with Crippen LogP contribution < -0.4 is 11.3 Å². The third kappa shape index (κ3) is 10.1. The molecule has 0 aliphatic heterocycles. The van der Waals surface area contributed by atoms with Crippen molar-refractivity contribution in [3.05, 3.63) is 222 Å². The number of allylic oxidation sites excluding steroid dienone is 16. The van der Waals surface area contributed by atoms with E-state index in [0.29, 0.717) is 11.5 Å². The minimum absolute atomic E-state index is 0.0257. The van der Waals surface area contributed by atoms with Crippen LogP contribution >= 0.6 is 0 Å². The Balaban J connectivity index is 0.000000221. The van der Waals surface area contributed by atoms with E-state index in [1.807, 2.05) is 65.8 Å². The summed E-state index contributed by atoms with van der Waals surface area (Å²) in [5, 5.41) is 22.5. The maximum absolute atomic E-state index is 14.2. The first-order chi connectivity index (χ1) is 35.3. The molecule has 4 aliphatic rings. The molecule has 4 aromatic carbocycles. The molecule has 0 saturated carbocycles. The normalized spacial score (nSPS) is 23.4. The van der Waals surface area contributed by atoms with Gasteiger partial charge < -0.3 is 0 Å². The Hall–Kier alpha value is -5.85. The number of nitro benzene ring substituents is 2. The molecule has 0 saturated heterocycles. The molecule has 0 aromatic heterocycles. The van der Waals surface area contributed by atoms with Gasteiger partial charge in [-0.2, -0.15) is 0 Å². The average molecular weight is 1210 g/mol. The molecule has 76 heavy (non-hydrogen) atoms. The molecule has 0 amide bonds. The summed E-state index contributed by atoms with van der Waals surface area (Å²) in [6, 6.07) is 21.8. The average Bonchev–Trinajstić information content (AvgIpc) is 3.99. The SMILES string of the molecule is CC1=C(C)[C](C)([Zr]([O]c2ccc([N+](=O)[O-])cc2)([O]c2ccc([N+](=O)[O-])cc2)[C]2(C)C=CC(C)=C2C)C=C1.CC1=C[C](C)([Zr]([O]c2ccccc2C(F)(F)F)([O]c2ccccc2C(F)(F)F)[C]2(C)C=C(C)C=C2C)C(C)=C1. The summed E-state index contributed by atoms with van der Waals surface area (Å²) in [5.41, 5.74) is 5.66. The third-order valence-electron chi connectivity index (χ3n) is 15.9. The molecule has 0 heterocycles. The second-order valence-corrected chi connectivity index (χ2v) is 38.9. The van der Waals surface area contributed by atoms with E-state index in [1.165, 1.54) is 60.7 Å². The number of nitrogens with zero attached hydrogens (tertiary/aromatic N) is 2. The van der Waals surface area contributed by atoms with E-state index in [-0.39, 0.29) is 11.4 Å². The van der Waals surface area contributed by atoms with E-state index in [2.05, 4.69) is 65.8 Å². The zero-order valence-corrected chi connectivity index (χ0v) is 49.2.